The molecule has 0 amide bonds. The van der Waals surface area contributed by atoms with E-state index < -0.39 is 0 Å². The molecule has 0 aliphatic rings. The van der Waals surface area contributed by atoms with E-state index in [9.17, 15) is 0 Å². The van der Waals surface area contributed by atoms with Gasteiger partial charge in [0, 0.05) is 17.1 Å². The molecule has 0 radical (unpaired) electrons. The minimum Gasteiger partial charge on any atom is -0.444 e. The maximum Gasteiger partial charge on any atom is 0.226 e. The first-order valence-electron chi connectivity index (χ1n) is 5.06. The van der Waals surface area contributed by atoms with Crippen LogP contribution in [0.1, 0.15) is 11.3 Å². The van der Waals surface area contributed by atoms with Crippen molar-refractivity contribution in [1.82, 2.24) is 10.3 Å². The Morgan fingerprint density at radius 2 is 2.25 bits per heavy atom. The van der Waals surface area contributed by atoms with Gasteiger partial charge in [0.2, 0.25) is 5.89 Å². The van der Waals surface area contributed by atoms with Crippen molar-refractivity contribution in [3.8, 4) is 11.5 Å². The number of nitrogens with one attached hydrogen (secondary N) is 1. The first kappa shape index (κ1) is 11.2. The van der Waals surface area contributed by atoms with E-state index in [0.29, 0.717) is 17.5 Å². The molecular formula is C12H13ClN2O. The number of halogens is 1. The van der Waals surface area contributed by atoms with Crippen LogP contribution in [0.4, 0.5) is 0 Å². The highest BCUT2D eigenvalue weighted by Gasteiger charge is 2.09. The summed E-state index contributed by atoms with van der Waals surface area (Å²) >= 11 is 5.95. The molecular weight excluding hydrogens is 224 g/mol. The number of oxazole rings is 1. The Balaban J connectivity index is 2.38. The van der Waals surface area contributed by atoms with E-state index >= 15 is 0 Å². The van der Waals surface area contributed by atoms with Gasteiger partial charge in [-0.15, -0.1) is 0 Å². The van der Waals surface area contributed by atoms with Gasteiger partial charge >= 0.3 is 0 Å². The molecule has 2 rings (SSSR count). The Morgan fingerprint density at radius 3 is 3.00 bits per heavy atom. The van der Waals surface area contributed by atoms with Crippen LogP contribution in [0.5, 0.6) is 0 Å². The topological polar surface area (TPSA) is 38.1 Å². The van der Waals surface area contributed by atoms with E-state index in [4.69, 9.17) is 16.0 Å². The second kappa shape index (κ2) is 4.68. The van der Waals surface area contributed by atoms with Gasteiger partial charge in [0.05, 0.1) is 5.69 Å². The lowest BCUT2D eigenvalue weighted by molar-refractivity contribution is 0.571. The summed E-state index contributed by atoms with van der Waals surface area (Å²) in [5, 5.41) is 3.72. The summed E-state index contributed by atoms with van der Waals surface area (Å²) in [4.78, 5) is 4.38. The zero-order valence-corrected chi connectivity index (χ0v) is 10.0. The molecule has 3 nitrogen and oxygen atoms in total. The van der Waals surface area contributed by atoms with E-state index in [1.165, 1.54) is 0 Å². The summed E-state index contributed by atoms with van der Waals surface area (Å²) in [6.07, 6.45) is 1.66. The highest BCUT2D eigenvalue weighted by atomic mass is 35.5. The van der Waals surface area contributed by atoms with Crippen LogP contribution in [-0.2, 0) is 6.54 Å². The molecule has 1 N–H and O–H groups in total. The van der Waals surface area contributed by atoms with Crippen molar-refractivity contribution in [2.45, 2.75) is 13.5 Å². The van der Waals surface area contributed by atoms with E-state index in [-0.39, 0.29) is 0 Å². The lowest BCUT2D eigenvalue weighted by Gasteiger charge is -2.01. The van der Waals surface area contributed by atoms with Gasteiger partial charge in [0.15, 0.2) is 0 Å². The standard InChI is InChI=1S/C12H13ClN2O/c1-8-3-4-9(13)5-11(8)12-15-10(6-14-2)7-16-12/h3-5,7,14H,6H2,1-2H3. The van der Waals surface area contributed by atoms with Gasteiger partial charge in [-0.3, -0.25) is 0 Å². The summed E-state index contributed by atoms with van der Waals surface area (Å²) < 4.78 is 5.43. The van der Waals surface area contributed by atoms with E-state index in [1.807, 2.05) is 32.2 Å². The average Bonchev–Trinajstić information content (AvgIpc) is 2.71. The molecule has 0 fully saturated rings. The van der Waals surface area contributed by atoms with E-state index in [1.54, 1.807) is 6.26 Å². The minimum atomic E-state index is 0.616. The van der Waals surface area contributed by atoms with Crippen LogP contribution in [-0.4, -0.2) is 12.0 Å². The van der Waals surface area contributed by atoms with Crippen molar-refractivity contribution in [2.75, 3.05) is 7.05 Å². The summed E-state index contributed by atoms with van der Waals surface area (Å²) in [5.41, 5.74) is 2.92. The average molecular weight is 237 g/mol. The van der Waals surface area contributed by atoms with Crippen molar-refractivity contribution in [3.05, 3.63) is 40.7 Å². The van der Waals surface area contributed by atoms with Crippen molar-refractivity contribution < 1.29 is 4.42 Å². The zero-order valence-electron chi connectivity index (χ0n) is 9.25. The fourth-order valence-corrected chi connectivity index (χ4v) is 1.69. The minimum absolute atomic E-state index is 0.616. The summed E-state index contributed by atoms with van der Waals surface area (Å²) in [6.45, 7) is 2.71. The molecule has 0 unspecified atom stereocenters. The molecule has 0 atom stereocenters. The maximum atomic E-state index is 5.95. The quantitative estimate of drug-likeness (QED) is 0.890. The molecule has 0 aliphatic heterocycles. The van der Waals surface area contributed by atoms with Crippen LogP contribution >= 0.6 is 11.6 Å². The number of hydrogen-bond donors (Lipinski definition) is 1. The normalized spacial score (nSPS) is 10.7. The number of benzene rings is 1. The van der Waals surface area contributed by atoms with Crippen molar-refractivity contribution >= 4 is 11.6 Å². The van der Waals surface area contributed by atoms with Gasteiger partial charge < -0.3 is 9.73 Å². The van der Waals surface area contributed by atoms with Gasteiger partial charge in [-0.1, -0.05) is 17.7 Å². The molecule has 4 heteroatoms. The molecule has 0 saturated heterocycles. The number of aromatic nitrogens is 1. The van der Waals surface area contributed by atoms with E-state index in [2.05, 4.69) is 10.3 Å². The highest BCUT2D eigenvalue weighted by molar-refractivity contribution is 6.30. The van der Waals surface area contributed by atoms with E-state index in [0.717, 1.165) is 16.8 Å². The molecule has 2 aromatic rings. The van der Waals surface area contributed by atoms with Gasteiger partial charge in [-0.05, 0) is 31.7 Å². The molecule has 0 aliphatic carbocycles. The summed E-state index contributed by atoms with van der Waals surface area (Å²) in [5.74, 6) is 0.616. The largest absolute Gasteiger partial charge is 0.444 e. The number of nitrogens with zero attached hydrogens (tertiary/aromatic N) is 1. The zero-order chi connectivity index (χ0) is 11.5. The Kier molecular flexibility index (Phi) is 3.27. The first-order valence-corrected chi connectivity index (χ1v) is 5.44. The van der Waals surface area contributed by atoms with Gasteiger partial charge in [-0.2, -0.15) is 0 Å². The van der Waals surface area contributed by atoms with Crippen molar-refractivity contribution in [2.24, 2.45) is 0 Å². The van der Waals surface area contributed by atoms with Crippen LogP contribution < -0.4 is 5.32 Å². The molecule has 84 valence electrons. The third-order valence-electron chi connectivity index (χ3n) is 2.34. The number of aryl methyl sites for hydroxylation is 1. The van der Waals surface area contributed by atoms with Crippen LogP contribution in [0.3, 0.4) is 0 Å². The third kappa shape index (κ3) is 2.26. The van der Waals surface area contributed by atoms with Crippen LogP contribution in [0.15, 0.2) is 28.9 Å². The monoisotopic (exact) mass is 236 g/mol. The molecule has 1 heterocycles. The Bertz CT molecular complexity index is 494. The molecule has 16 heavy (non-hydrogen) atoms. The summed E-state index contributed by atoms with van der Waals surface area (Å²) in [6, 6.07) is 5.68. The second-order valence-corrected chi connectivity index (χ2v) is 4.07. The highest BCUT2D eigenvalue weighted by Crippen LogP contribution is 2.25. The van der Waals surface area contributed by atoms with Gasteiger partial charge in [-0.25, -0.2) is 4.98 Å². The molecule has 0 bridgehead atoms. The van der Waals surface area contributed by atoms with Crippen molar-refractivity contribution in [1.29, 1.82) is 0 Å². The molecule has 0 spiro atoms. The van der Waals surface area contributed by atoms with Gasteiger partial charge in [0.1, 0.15) is 6.26 Å². The number of hydrogen-bond acceptors (Lipinski definition) is 3. The Morgan fingerprint density at radius 1 is 1.44 bits per heavy atom. The van der Waals surface area contributed by atoms with Crippen LogP contribution in [0, 0.1) is 6.92 Å². The molecule has 1 aromatic heterocycles. The first-order chi connectivity index (χ1) is 7.70. The molecule has 0 saturated carbocycles. The predicted octanol–water partition coefficient (Wildman–Crippen LogP) is 3.02. The lowest BCUT2D eigenvalue weighted by atomic mass is 10.1. The fraction of sp³-hybridized carbons (Fsp3) is 0.250. The van der Waals surface area contributed by atoms with Crippen LogP contribution in [0.2, 0.25) is 5.02 Å². The van der Waals surface area contributed by atoms with Crippen LogP contribution in [0.25, 0.3) is 11.5 Å². The fourth-order valence-electron chi connectivity index (χ4n) is 1.52. The Hall–Kier alpha value is -1.32. The second-order valence-electron chi connectivity index (χ2n) is 3.63. The van der Waals surface area contributed by atoms with Crippen molar-refractivity contribution in [3.63, 3.8) is 0 Å². The maximum absolute atomic E-state index is 5.95. The number of rotatable bonds is 3. The summed E-state index contributed by atoms with van der Waals surface area (Å²) in [7, 11) is 1.87. The third-order valence-corrected chi connectivity index (χ3v) is 2.57. The predicted molar refractivity (Wildman–Crippen MR) is 64.4 cm³/mol. The lowest BCUT2D eigenvalue weighted by Crippen LogP contribution is -2.04. The Labute approximate surface area is 99.5 Å². The SMILES string of the molecule is CNCc1coc(-c2cc(Cl)ccc2C)n1. The molecule has 1 aromatic carbocycles. The smallest absolute Gasteiger partial charge is 0.226 e. The van der Waals surface area contributed by atoms with Gasteiger partial charge in [0.25, 0.3) is 0 Å².